The molecule has 0 spiro atoms. The van der Waals surface area contributed by atoms with Gasteiger partial charge in [-0.1, -0.05) is 12.1 Å². The number of aliphatic hydroxyl groups is 1. The molecule has 6 nitrogen and oxygen atoms in total. The minimum absolute atomic E-state index is 0.607. The highest BCUT2D eigenvalue weighted by Gasteiger charge is 2.15. The zero-order valence-electron chi connectivity index (χ0n) is 14.5. The van der Waals surface area contributed by atoms with Crippen LogP contribution < -0.4 is 0 Å². The molecule has 2 N–H and O–H groups in total. The van der Waals surface area contributed by atoms with E-state index in [1.807, 2.05) is 42.5 Å². The molecule has 0 amide bonds. The van der Waals surface area contributed by atoms with Crippen molar-refractivity contribution in [3.8, 4) is 17.5 Å². The predicted octanol–water partition coefficient (Wildman–Crippen LogP) is 3.81. The Kier molecular flexibility index (Phi) is 4.21. The number of nitrogens with zero attached hydrogens (tertiary/aromatic N) is 4. The molecule has 0 aliphatic rings. The molecule has 0 saturated heterocycles. The Bertz CT molecular complexity index is 1240. The number of pyridine rings is 2. The molecule has 130 valence electrons. The normalized spacial score (nSPS) is 10.6. The van der Waals surface area contributed by atoms with E-state index >= 15 is 0 Å². The Balaban J connectivity index is 0.000000872. The lowest BCUT2D eigenvalue weighted by Crippen LogP contribution is -1.86. The maximum atomic E-state index is 9.13. The standard InChI is InChI=1S/C20H11N5.CH4O/c21-11-12-4-1-5-13(10-12)20-24-18-14-6-2-8-22-16(14)17-15(19(18)25-20)7-3-9-23-17;1-2/h1-10H,(H,24,25);2H,1H3. The van der Waals surface area contributed by atoms with Crippen molar-refractivity contribution in [1.82, 2.24) is 19.9 Å². The van der Waals surface area contributed by atoms with Gasteiger partial charge in [0.2, 0.25) is 0 Å². The van der Waals surface area contributed by atoms with Gasteiger partial charge >= 0.3 is 0 Å². The van der Waals surface area contributed by atoms with Gasteiger partial charge in [-0.25, -0.2) is 4.98 Å². The van der Waals surface area contributed by atoms with Crippen LogP contribution in [0.4, 0.5) is 0 Å². The van der Waals surface area contributed by atoms with Crippen molar-refractivity contribution in [2.24, 2.45) is 0 Å². The molecule has 0 radical (unpaired) electrons. The van der Waals surface area contributed by atoms with Gasteiger partial charge < -0.3 is 10.1 Å². The first-order valence-electron chi connectivity index (χ1n) is 8.31. The fourth-order valence-electron chi connectivity index (χ4n) is 3.22. The van der Waals surface area contributed by atoms with Crippen molar-refractivity contribution in [1.29, 1.82) is 5.26 Å². The molecule has 5 aromatic rings. The van der Waals surface area contributed by atoms with Crippen LogP contribution in [-0.2, 0) is 0 Å². The van der Waals surface area contributed by atoms with Crippen LogP contribution in [0.5, 0.6) is 0 Å². The second-order valence-electron chi connectivity index (χ2n) is 5.80. The van der Waals surface area contributed by atoms with Crippen LogP contribution in [0.1, 0.15) is 5.56 Å². The highest BCUT2D eigenvalue weighted by atomic mass is 16.2. The molecule has 3 aromatic heterocycles. The molecular formula is C21H15N5O. The van der Waals surface area contributed by atoms with Crippen molar-refractivity contribution < 1.29 is 5.11 Å². The van der Waals surface area contributed by atoms with Crippen LogP contribution in [0.25, 0.3) is 44.2 Å². The topological polar surface area (TPSA) is 98.5 Å². The quantitative estimate of drug-likeness (QED) is 0.447. The Labute approximate surface area is 154 Å². The van der Waals surface area contributed by atoms with E-state index in [1.54, 1.807) is 18.5 Å². The van der Waals surface area contributed by atoms with Crippen LogP contribution in [-0.4, -0.2) is 32.2 Å². The molecule has 0 aliphatic heterocycles. The molecule has 2 aromatic carbocycles. The molecule has 0 fully saturated rings. The van der Waals surface area contributed by atoms with E-state index in [-0.39, 0.29) is 0 Å². The average molecular weight is 353 g/mol. The predicted molar refractivity (Wildman–Crippen MR) is 105 cm³/mol. The molecule has 5 rings (SSSR count). The summed E-state index contributed by atoms with van der Waals surface area (Å²) in [6.07, 6.45) is 3.54. The van der Waals surface area contributed by atoms with Crippen LogP contribution in [0.15, 0.2) is 60.9 Å². The Morgan fingerprint density at radius 1 is 0.889 bits per heavy atom. The molecule has 6 heteroatoms. The van der Waals surface area contributed by atoms with Gasteiger partial charge in [0.15, 0.2) is 0 Å². The van der Waals surface area contributed by atoms with E-state index in [9.17, 15) is 0 Å². The van der Waals surface area contributed by atoms with E-state index < -0.39 is 0 Å². The van der Waals surface area contributed by atoms with Gasteiger partial charge in [0.1, 0.15) is 5.82 Å². The summed E-state index contributed by atoms with van der Waals surface area (Å²) < 4.78 is 0. The fourth-order valence-corrected chi connectivity index (χ4v) is 3.22. The SMILES string of the molecule is CO.N#Cc1cccc(-c2nc3c4cccnc4c4ncccc4c3[nH]2)c1. The van der Waals surface area contributed by atoms with Crippen molar-refractivity contribution in [2.75, 3.05) is 7.11 Å². The number of nitriles is 1. The summed E-state index contributed by atoms with van der Waals surface area (Å²) in [7, 11) is 1.00. The monoisotopic (exact) mass is 353 g/mol. The second kappa shape index (κ2) is 6.83. The van der Waals surface area contributed by atoms with Gasteiger partial charge in [0, 0.05) is 35.8 Å². The number of aliphatic hydroxyl groups excluding tert-OH is 1. The van der Waals surface area contributed by atoms with Crippen molar-refractivity contribution >= 4 is 32.8 Å². The molecule has 3 heterocycles. The maximum absolute atomic E-state index is 9.13. The van der Waals surface area contributed by atoms with Crippen LogP contribution in [0, 0.1) is 11.3 Å². The minimum Gasteiger partial charge on any atom is -0.400 e. The van der Waals surface area contributed by atoms with Gasteiger partial charge in [-0.15, -0.1) is 0 Å². The number of hydrogen-bond acceptors (Lipinski definition) is 5. The summed E-state index contributed by atoms with van der Waals surface area (Å²) in [5.41, 5.74) is 4.98. The van der Waals surface area contributed by atoms with Crippen molar-refractivity contribution in [2.45, 2.75) is 0 Å². The minimum atomic E-state index is 0.607. The molecule has 0 unspecified atom stereocenters. The third kappa shape index (κ3) is 2.67. The second-order valence-corrected chi connectivity index (χ2v) is 5.80. The summed E-state index contributed by atoms with van der Waals surface area (Å²) >= 11 is 0. The number of fused-ring (bicyclic) bond motifs is 6. The summed E-state index contributed by atoms with van der Waals surface area (Å²) in [6.45, 7) is 0. The van der Waals surface area contributed by atoms with Crippen molar-refractivity contribution in [3.63, 3.8) is 0 Å². The average Bonchev–Trinajstić information content (AvgIpc) is 3.21. The molecule has 27 heavy (non-hydrogen) atoms. The van der Waals surface area contributed by atoms with E-state index in [2.05, 4.69) is 21.0 Å². The highest BCUT2D eigenvalue weighted by Crippen LogP contribution is 2.33. The highest BCUT2D eigenvalue weighted by molar-refractivity contribution is 6.20. The lowest BCUT2D eigenvalue weighted by molar-refractivity contribution is 0.399. The van der Waals surface area contributed by atoms with Crippen LogP contribution >= 0.6 is 0 Å². The number of aromatic amines is 1. The first kappa shape index (κ1) is 16.6. The maximum Gasteiger partial charge on any atom is 0.138 e. The number of imidazole rings is 1. The summed E-state index contributed by atoms with van der Waals surface area (Å²) in [6, 6.07) is 17.4. The molecule has 0 atom stereocenters. The van der Waals surface area contributed by atoms with E-state index in [1.165, 1.54) is 0 Å². The molecule has 0 saturated carbocycles. The first-order chi connectivity index (χ1) is 13.3. The number of aromatic nitrogens is 4. The van der Waals surface area contributed by atoms with Gasteiger partial charge in [-0.2, -0.15) is 5.26 Å². The Hall–Kier alpha value is -3.82. The largest absolute Gasteiger partial charge is 0.400 e. The number of H-pyrrole nitrogens is 1. The fraction of sp³-hybridized carbons (Fsp3) is 0.0476. The number of hydrogen-bond donors (Lipinski definition) is 2. The molecule has 0 bridgehead atoms. The van der Waals surface area contributed by atoms with E-state index in [4.69, 9.17) is 15.4 Å². The number of benzene rings is 2. The smallest absolute Gasteiger partial charge is 0.138 e. The summed E-state index contributed by atoms with van der Waals surface area (Å²) in [5.74, 6) is 0.730. The first-order valence-corrected chi connectivity index (χ1v) is 8.31. The number of rotatable bonds is 1. The lowest BCUT2D eigenvalue weighted by atomic mass is 10.1. The number of nitrogens with one attached hydrogen (secondary N) is 1. The Morgan fingerprint density at radius 3 is 2.33 bits per heavy atom. The Morgan fingerprint density at radius 2 is 1.59 bits per heavy atom. The van der Waals surface area contributed by atoms with Crippen LogP contribution in [0.3, 0.4) is 0 Å². The molecule has 0 aliphatic carbocycles. The van der Waals surface area contributed by atoms with Gasteiger partial charge in [-0.3, -0.25) is 9.97 Å². The zero-order valence-corrected chi connectivity index (χ0v) is 14.5. The third-order valence-electron chi connectivity index (χ3n) is 4.33. The third-order valence-corrected chi connectivity index (χ3v) is 4.33. The lowest BCUT2D eigenvalue weighted by Gasteiger charge is -2.03. The van der Waals surface area contributed by atoms with E-state index in [0.29, 0.717) is 5.56 Å². The van der Waals surface area contributed by atoms with Gasteiger partial charge in [0.25, 0.3) is 0 Å². The summed E-state index contributed by atoms with van der Waals surface area (Å²) in [5, 5.41) is 18.1. The van der Waals surface area contributed by atoms with E-state index in [0.717, 1.165) is 51.3 Å². The summed E-state index contributed by atoms with van der Waals surface area (Å²) in [4.78, 5) is 17.2. The zero-order chi connectivity index (χ0) is 18.8. The van der Waals surface area contributed by atoms with Crippen LogP contribution in [0.2, 0.25) is 0 Å². The van der Waals surface area contributed by atoms with Gasteiger partial charge in [-0.05, 0) is 36.4 Å². The molecular weight excluding hydrogens is 338 g/mol. The van der Waals surface area contributed by atoms with Crippen molar-refractivity contribution in [3.05, 3.63) is 66.5 Å². The van der Waals surface area contributed by atoms with Gasteiger partial charge in [0.05, 0.1) is 33.7 Å².